The summed E-state index contributed by atoms with van der Waals surface area (Å²) in [5.41, 5.74) is 0. The molecule has 4 heteroatoms. The van der Waals surface area contributed by atoms with E-state index in [4.69, 9.17) is 10.5 Å². The fourth-order valence-corrected chi connectivity index (χ4v) is 0. The van der Waals surface area contributed by atoms with Crippen molar-refractivity contribution in [3.05, 3.63) is 0 Å². The van der Waals surface area contributed by atoms with E-state index in [0.717, 1.165) is 0 Å². The second-order valence-corrected chi connectivity index (χ2v) is 0. The second-order valence-electron chi connectivity index (χ2n) is 0. The Kier molecular flexibility index (Phi) is 191. The fourth-order valence-electron chi connectivity index (χ4n) is 0. The van der Waals surface area contributed by atoms with E-state index in [9.17, 15) is 0 Å². The van der Waals surface area contributed by atoms with Gasteiger partial charge in [0, 0.05) is 0 Å². The van der Waals surface area contributed by atoms with Crippen LogP contribution in [0.25, 0.3) is 0 Å². The smallest absolute Gasteiger partial charge is 1.00 e. The van der Waals surface area contributed by atoms with Crippen LogP contribution in [0.15, 0.2) is 0 Å². The predicted octanol–water partition coefficient (Wildman–Crippen LogP) is -2.38. The SMILES string of the molecule is [Cu+2].[Cu+2].[O-][O-]. The van der Waals surface area contributed by atoms with Crippen molar-refractivity contribution < 1.29 is 44.7 Å². The Hall–Kier alpha value is 0.959. The van der Waals surface area contributed by atoms with Gasteiger partial charge in [-0.1, -0.05) is 0 Å². The van der Waals surface area contributed by atoms with Gasteiger partial charge in [-0.05, 0) is 0 Å². The van der Waals surface area contributed by atoms with Crippen LogP contribution in [0.2, 0.25) is 0 Å². The molecule has 0 N–H and O–H groups in total. The van der Waals surface area contributed by atoms with Crippen molar-refractivity contribution in [2.45, 2.75) is 0 Å². The first kappa shape index (κ1) is 20.3. The molecule has 0 spiro atoms. The maximum atomic E-state index is 7.00. The fraction of sp³-hybridized carbons (Fsp3) is 0. The van der Waals surface area contributed by atoms with E-state index >= 15 is 0 Å². The van der Waals surface area contributed by atoms with Crippen molar-refractivity contribution in [3.63, 3.8) is 0 Å². The molecule has 0 aromatic carbocycles. The predicted molar refractivity (Wildman–Crippen MR) is 0 cm³/mol. The Morgan fingerprint density at radius 2 is 0.750 bits per heavy atom. The van der Waals surface area contributed by atoms with Gasteiger partial charge < -0.3 is 10.5 Å². The van der Waals surface area contributed by atoms with Crippen molar-refractivity contribution in [1.82, 2.24) is 0 Å². The van der Waals surface area contributed by atoms with Gasteiger partial charge in [-0.25, -0.2) is 0 Å². The topological polar surface area (TPSA) is 46.1 Å². The van der Waals surface area contributed by atoms with Crippen LogP contribution in [0.5, 0.6) is 0 Å². The van der Waals surface area contributed by atoms with Gasteiger partial charge >= 0.3 is 34.1 Å². The molecule has 2 nitrogen and oxygen atoms in total. The van der Waals surface area contributed by atoms with Gasteiger partial charge in [0.2, 0.25) is 0 Å². The van der Waals surface area contributed by atoms with Crippen LogP contribution >= 0.6 is 0 Å². The summed E-state index contributed by atoms with van der Waals surface area (Å²) in [6.07, 6.45) is 0. The summed E-state index contributed by atoms with van der Waals surface area (Å²) < 4.78 is 0. The first-order valence-corrected chi connectivity index (χ1v) is 0.167. The van der Waals surface area contributed by atoms with E-state index in [2.05, 4.69) is 0 Å². The van der Waals surface area contributed by atoms with Gasteiger partial charge in [-0.3, -0.25) is 0 Å². The zero-order chi connectivity index (χ0) is 2.00. The van der Waals surface area contributed by atoms with Crippen LogP contribution in [0.3, 0.4) is 0 Å². The van der Waals surface area contributed by atoms with Crippen LogP contribution in [-0.4, -0.2) is 0 Å². The van der Waals surface area contributed by atoms with Crippen LogP contribution in [-0.2, 0) is 34.1 Å². The summed E-state index contributed by atoms with van der Waals surface area (Å²) in [6.45, 7) is 0. The molecule has 0 aromatic rings. The molecule has 32 valence electrons. The Bertz CT molecular complexity index is 4.00. The zero-order valence-corrected chi connectivity index (χ0v) is 3.30. The van der Waals surface area contributed by atoms with Gasteiger partial charge in [-0.2, -0.15) is 0 Å². The minimum atomic E-state index is 0. The van der Waals surface area contributed by atoms with Gasteiger partial charge in [-0.15, -0.1) is 0 Å². The molecule has 0 atom stereocenters. The van der Waals surface area contributed by atoms with Crippen molar-refractivity contribution in [3.8, 4) is 0 Å². The first-order chi connectivity index (χ1) is 1.00. The van der Waals surface area contributed by atoms with Crippen molar-refractivity contribution in [2.24, 2.45) is 0 Å². The monoisotopic (exact) mass is 158 g/mol. The summed E-state index contributed by atoms with van der Waals surface area (Å²) in [4.78, 5) is 0. The van der Waals surface area contributed by atoms with Gasteiger partial charge in [0.05, 0.1) is 0 Å². The molecule has 0 aliphatic heterocycles. The van der Waals surface area contributed by atoms with E-state index < -0.39 is 0 Å². The molecular weight excluding hydrogens is 159 g/mol. The molecule has 0 aromatic heterocycles. The third-order valence-corrected chi connectivity index (χ3v) is 0. The van der Waals surface area contributed by atoms with Gasteiger partial charge in [0.1, 0.15) is 0 Å². The first-order valence-electron chi connectivity index (χ1n) is 0.167. The van der Waals surface area contributed by atoms with Gasteiger partial charge in [0.25, 0.3) is 0 Å². The molecule has 2 radical (unpaired) electrons. The van der Waals surface area contributed by atoms with E-state index in [1.807, 2.05) is 0 Å². The van der Waals surface area contributed by atoms with E-state index in [1.165, 1.54) is 0 Å². The Morgan fingerprint density at radius 3 is 0.750 bits per heavy atom. The molecule has 0 bridgehead atoms. The molecule has 0 heterocycles. The average molecular weight is 159 g/mol. The van der Waals surface area contributed by atoms with Crippen LogP contribution in [0.1, 0.15) is 0 Å². The Balaban J connectivity index is -0.00000000500. The summed E-state index contributed by atoms with van der Waals surface area (Å²) in [5, 5.41) is 14.0. The minimum absolute atomic E-state index is 0. The molecule has 0 aliphatic rings. The summed E-state index contributed by atoms with van der Waals surface area (Å²) in [7, 11) is 0. The molecule has 0 saturated heterocycles. The molecule has 0 fully saturated rings. The van der Waals surface area contributed by atoms with Crippen LogP contribution in [0.4, 0.5) is 0 Å². The third-order valence-electron chi connectivity index (χ3n) is 0. The minimum Gasteiger partial charge on any atom is -1.00 e. The summed E-state index contributed by atoms with van der Waals surface area (Å²) in [5.74, 6) is 0. The molecule has 4 heavy (non-hydrogen) atoms. The van der Waals surface area contributed by atoms with Crippen molar-refractivity contribution in [1.29, 1.82) is 0 Å². The second kappa shape index (κ2) is 37.7. The van der Waals surface area contributed by atoms with Crippen molar-refractivity contribution >= 4 is 0 Å². The van der Waals surface area contributed by atoms with E-state index in [0.29, 0.717) is 0 Å². The van der Waals surface area contributed by atoms with Gasteiger partial charge in [0.15, 0.2) is 0 Å². The molecule has 0 saturated carbocycles. The standard InChI is InChI=1S/2Cu.O2/c;;1-2/q2*+2;-2. The third kappa shape index (κ3) is 12.3. The maximum absolute atomic E-state index is 7.00. The maximum Gasteiger partial charge on any atom is 2.00 e. The molecule has 0 aliphatic carbocycles. The quantitative estimate of drug-likeness (QED) is 0.225. The molecule has 0 rings (SSSR count). The number of hydrogen-bond donors (Lipinski definition) is 0. The average Bonchev–Trinajstić information content (AvgIpc) is 1.00. The Labute approximate surface area is 45.1 Å². The van der Waals surface area contributed by atoms with Crippen LogP contribution in [0, 0.1) is 0 Å². The largest absolute Gasteiger partial charge is 2.00 e. The van der Waals surface area contributed by atoms with Crippen molar-refractivity contribution in [2.75, 3.05) is 0 Å². The summed E-state index contributed by atoms with van der Waals surface area (Å²) >= 11 is 0. The molecule has 0 amide bonds. The molecule has 0 unspecified atom stereocenters. The van der Waals surface area contributed by atoms with Crippen LogP contribution < -0.4 is 10.5 Å². The Morgan fingerprint density at radius 1 is 0.750 bits per heavy atom. The number of hydrogen-bond acceptors (Lipinski definition) is 2. The normalized spacial score (nSPS) is 1.50. The summed E-state index contributed by atoms with van der Waals surface area (Å²) in [6, 6.07) is 0. The van der Waals surface area contributed by atoms with E-state index in [1.54, 1.807) is 0 Å². The van der Waals surface area contributed by atoms with E-state index in [-0.39, 0.29) is 34.1 Å². The number of rotatable bonds is 0. The molecular formula is Cu2O2+2. The zero-order valence-electron chi connectivity index (χ0n) is 1.42.